The number of aromatic nitrogens is 2. The molecule has 0 atom stereocenters. The molecule has 0 aliphatic rings. The van der Waals surface area contributed by atoms with Gasteiger partial charge < -0.3 is 14.4 Å². The summed E-state index contributed by atoms with van der Waals surface area (Å²) in [6.07, 6.45) is -0.158. The lowest BCUT2D eigenvalue weighted by atomic mass is 10.1. The topological polar surface area (TPSA) is 50.4 Å². The molecule has 1 aromatic heterocycles. The number of halogens is 3. The summed E-state index contributed by atoms with van der Waals surface area (Å²) in [5.41, 5.74) is 2.46. The van der Waals surface area contributed by atoms with Crippen LogP contribution < -0.4 is 9.47 Å². The third-order valence-electron chi connectivity index (χ3n) is 5.00. The minimum absolute atomic E-state index is 0.224. The molecule has 1 N–H and O–H groups in total. The molecule has 32 heavy (non-hydrogen) atoms. The van der Waals surface area contributed by atoms with Gasteiger partial charge in [0, 0.05) is 17.7 Å². The monoisotopic (exact) mass is 447 g/mol. The summed E-state index contributed by atoms with van der Waals surface area (Å²) in [5, 5.41) is 7.28. The predicted molar refractivity (Wildman–Crippen MR) is 118 cm³/mol. The molecule has 1 heterocycles. The van der Waals surface area contributed by atoms with Gasteiger partial charge in [0.05, 0.1) is 17.5 Å². The van der Waals surface area contributed by atoms with E-state index < -0.39 is 11.7 Å². The molecule has 0 bridgehead atoms. The number of nitrogens with zero attached hydrogens (tertiary/aromatic N) is 2. The molecule has 0 radical (unpaired) electrons. The van der Waals surface area contributed by atoms with Gasteiger partial charge in [0.2, 0.25) is 0 Å². The van der Waals surface area contributed by atoms with Crippen LogP contribution in [0.2, 0.25) is 0 Å². The number of hydrogen-bond donors (Lipinski definition) is 1. The molecular weight excluding hydrogens is 419 g/mol. The van der Waals surface area contributed by atoms with Crippen LogP contribution in [0.25, 0.3) is 11.3 Å². The van der Waals surface area contributed by atoms with Crippen molar-refractivity contribution in [3.8, 4) is 22.8 Å². The Morgan fingerprint density at radius 3 is 2.09 bits per heavy atom. The second-order valence-electron chi connectivity index (χ2n) is 7.61. The van der Waals surface area contributed by atoms with Crippen molar-refractivity contribution in [2.75, 3.05) is 26.8 Å². The third kappa shape index (κ3) is 6.75. The number of rotatable bonds is 11. The number of benzene rings is 2. The summed E-state index contributed by atoms with van der Waals surface area (Å²) < 4.78 is 48.9. The smallest absolute Gasteiger partial charge is 0.416 e. The fourth-order valence-electron chi connectivity index (χ4n) is 3.26. The van der Waals surface area contributed by atoms with E-state index in [1.807, 2.05) is 30.5 Å². The van der Waals surface area contributed by atoms with E-state index in [-0.39, 0.29) is 13.2 Å². The fourth-order valence-corrected chi connectivity index (χ4v) is 3.26. The summed E-state index contributed by atoms with van der Waals surface area (Å²) in [7, 11) is 2.11. The number of nitrogens with one attached hydrogen (secondary N) is 1. The van der Waals surface area contributed by atoms with Crippen LogP contribution in [-0.4, -0.2) is 41.9 Å². The SMILES string of the molecule is CCCCN(C)Cc1cn[nH]c1-c1ccc(OCCOc2ccc(C(F)(F)F)cc2)cc1. The minimum Gasteiger partial charge on any atom is -0.490 e. The van der Waals surface area contributed by atoms with Crippen molar-refractivity contribution < 1.29 is 22.6 Å². The van der Waals surface area contributed by atoms with Crippen LogP contribution in [0.15, 0.2) is 54.7 Å². The zero-order chi connectivity index (χ0) is 23.0. The Morgan fingerprint density at radius 1 is 0.938 bits per heavy atom. The lowest BCUT2D eigenvalue weighted by Crippen LogP contribution is -2.19. The quantitative estimate of drug-likeness (QED) is 0.378. The van der Waals surface area contributed by atoms with E-state index in [1.54, 1.807) is 0 Å². The molecule has 3 rings (SSSR count). The molecule has 0 unspecified atom stereocenters. The lowest BCUT2D eigenvalue weighted by Gasteiger charge is -2.16. The van der Waals surface area contributed by atoms with Crippen molar-refractivity contribution in [1.82, 2.24) is 15.1 Å². The molecule has 0 spiro atoms. The largest absolute Gasteiger partial charge is 0.490 e. The normalized spacial score (nSPS) is 11.7. The van der Waals surface area contributed by atoms with Crippen molar-refractivity contribution in [3.63, 3.8) is 0 Å². The summed E-state index contributed by atoms with van der Waals surface area (Å²) in [6, 6.07) is 12.3. The Hall–Kier alpha value is -3.00. The molecule has 0 saturated carbocycles. The minimum atomic E-state index is -4.35. The average Bonchev–Trinajstić information content (AvgIpc) is 3.23. The highest BCUT2D eigenvalue weighted by Crippen LogP contribution is 2.30. The Balaban J connectivity index is 1.48. The van der Waals surface area contributed by atoms with Gasteiger partial charge in [-0.15, -0.1) is 0 Å². The highest BCUT2D eigenvalue weighted by atomic mass is 19.4. The molecule has 2 aromatic carbocycles. The number of unbranched alkanes of at least 4 members (excludes halogenated alkanes) is 1. The molecule has 5 nitrogen and oxygen atoms in total. The van der Waals surface area contributed by atoms with E-state index in [4.69, 9.17) is 9.47 Å². The second kappa shape index (κ2) is 11.0. The zero-order valence-electron chi connectivity index (χ0n) is 18.3. The van der Waals surface area contributed by atoms with E-state index in [1.165, 1.54) is 18.6 Å². The van der Waals surface area contributed by atoms with Gasteiger partial charge in [0.15, 0.2) is 0 Å². The van der Waals surface area contributed by atoms with Crippen molar-refractivity contribution in [3.05, 3.63) is 65.9 Å². The van der Waals surface area contributed by atoms with Crippen molar-refractivity contribution in [2.24, 2.45) is 0 Å². The maximum atomic E-state index is 12.6. The number of ether oxygens (including phenoxy) is 2. The van der Waals surface area contributed by atoms with Crippen LogP contribution in [-0.2, 0) is 12.7 Å². The van der Waals surface area contributed by atoms with Crippen LogP contribution in [0.1, 0.15) is 30.9 Å². The van der Waals surface area contributed by atoms with E-state index in [0.29, 0.717) is 11.5 Å². The lowest BCUT2D eigenvalue weighted by molar-refractivity contribution is -0.137. The number of alkyl halides is 3. The van der Waals surface area contributed by atoms with Gasteiger partial charge in [0.1, 0.15) is 24.7 Å². The van der Waals surface area contributed by atoms with Crippen molar-refractivity contribution in [1.29, 1.82) is 0 Å². The predicted octanol–water partition coefficient (Wildman–Crippen LogP) is 5.79. The Labute approximate surface area is 186 Å². The first-order valence-corrected chi connectivity index (χ1v) is 10.6. The third-order valence-corrected chi connectivity index (χ3v) is 5.00. The standard InChI is InChI=1S/C24H28F3N3O2/c1-3-4-13-30(2)17-19-16-28-29-23(19)18-5-9-21(10-6-18)31-14-15-32-22-11-7-20(8-12-22)24(25,26)27/h5-12,16H,3-4,13-15,17H2,1-2H3,(H,28,29). The van der Waals surface area contributed by atoms with Gasteiger partial charge in [-0.3, -0.25) is 5.10 Å². The first kappa shape index (κ1) is 23.7. The fraction of sp³-hybridized carbons (Fsp3) is 0.375. The van der Waals surface area contributed by atoms with E-state index in [0.717, 1.165) is 48.5 Å². The average molecular weight is 448 g/mol. The van der Waals surface area contributed by atoms with Gasteiger partial charge in [-0.2, -0.15) is 18.3 Å². The number of H-pyrrole nitrogens is 1. The van der Waals surface area contributed by atoms with Gasteiger partial charge in [0.25, 0.3) is 0 Å². The first-order chi connectivity index (χ1) is 15.4. The highest BCUT2D eigenvalue weighted by Gasteiger charge is 2.30. The van der Waals surface area contributed by atoms with Crippen LogP contribution in [0.4, 0.5) is 13.2 Å². The maximum Gasteiger partial charge on any atom is 0.416 e. The van der Waals surface area contributed by atoms with Gasteiger partial charge in [-0.25, -0.2) is 0 Å². The first-order valence-electron chi connectivity index (χ1n) is 10.6. The number of aromatic amines is 1. The van der Waals surface area contributed by atoms with Crippen molar-refractivity contribution in [2.45, 2.75) is 32.5 Å². The Bertz CT molecular complexity index is 954. The van der Waals surface area contributed by atoms with Gasteiger partial charge >= 0.3 is 6.18 Å². The van der Waals surface area contributed by atoms with E-state index in [2.05, 4.69) is 29.1 Å². The Kier molecular flexibility index (Phi) is 8.16. The molecule has 0 aliphatic carbocycles. The maximum absolute atomic E-state index is 12.6. The molecule has 0 fully saturated rings. The molecular formula is C24H28F3N3O2. The van der Waals surface area contributed by atoms with E-state index in [9.17, 15) is 13.2 Å². The Morgan fingerprint density at radius 2 is 1.53 bits per heavy atom. The summed E-state index contributed by atoms with van der Waals surface area (Å²) in [4.78, 5) is 2.28. The van der Waals surface area contributed by atoms with E-state index >= 15 is 0 Å². The summed E-state index contributed by atoms with van der Waals surface area (Å²) >= 11 is 0. The summed E-state index contributed by atoms with van der Waals surface area (Å²) in [6.45, 7) is 4.55. The molecule has 0 aliphatic heterocycles. The van der Waals surface area contributed by atoms with Crippen LogP contribution >= 0.6 is 0 Å². The van der Waals surface area contributed by atoms with Crippen molar-refractivity contribution >= 4 is 0 Å². The second-order valence-corrected chi connectivity index (χ2v) is 7.61. The van der Waals surface area contributed by atoms with Gasteiger partial charge in [-0.05, 0) is 68.5 Å². The highest BCUT2D eigenvalue weighted by molar-refractivity contribution is 5.63. The zero-order valence-corrected chi connectivity index (χ0v) is 18.3. The van der Waals surface area contributed by atoms with Gasteiger partial charge in [-0.1, -0.05) is 13.3 Å². The summed E-state index contributed by atoms with van der Waals surface area (Å²) in [5.74, 6) is 1.05. The number of hydrogen-bond acceptors (Lipinski definition) is 4. The van der Waals surface area contributed by atoms with Crippen LogP contribution in [0, 0.1) is 0 Å². The molecule has 172 valence electrons. The molecule has 3 aromatic rings. The molecule has 8 heteroatoms. The molecule has 0 saturated heterocycles. The molecule has 0 amide bonds. The van der Waals surface area contributed by atoms with Crippen LogP contribution in [0.3, 0.4) is 0 Å². The van der Waals surface area contributed by atoms with Crippen LogP contribution in [0.5, 0.6) is 11.5 Å².